The molecule has 0 saturated heterocycles. The van der Waals surface area contributed by atoms with Crippen molar-refractivity contribution in [3.05, 3.63) is 59.9 Å². The maximum atomic E-state index is 12.4. The lowest BCUT2D eigenvalue weighted by molar-refractivity contribution is 0.0474. The molecule has 138 valence electrons. The lowest BCUT2D eigenvalue weighted by Gasteiger charge is -2.10. The first-order valence-corrected chi connectivity index (χ1v) is 7.88. The molecule has 0 radical (unpaired) electrons. The summed E-state index contributed by atoms with van der Waals surface area (Å²) in [6.45, 7) is -0.418. The molecule has 0 aliphatic rings. The third-order valence-corrected chi connectivity index (χ3v) is 3.76. The van der Waals surface area contributed by atoms with Gasteiger partial charge in [-0.15, -0.1) is 5.10 Å². The van der Waals surface area contributed by atoms with Crippen molar-refractivity contribution in [3.63, 3.8) is 0 Å². The van der Waals surface area contributed by atoms with Crippen LogP contribution in [0.4, 0.5) is 0 Å². The van der Waals surface area contributed by atoms with Gasteiger partial charge in [0.1, 0.15) is 6.33 Å². The number of methoxy groups -OCH3 is 2. The normalized spacial score (nSPS) is 10.3. The number of Topliss-reactive ketones (excluding diaryl/α,β-unsaturated/α-hetero) is 1. The lowest BCUT2D eigenvalue weighted by Crippen LogP contribution is -2.16. The number of benzene rings is 2. The van der Waals surface area contributed by atoms with Crippen LogP contribution in [0.1, 0.15) is 20.7 Å². The minimum absolute atomic E-state index is 0.241. The van der Waals surface area contributed by atoms with Gasteiger partial charge in [-0.1, -0.05) is 12.1 Å². The number of aromatic nitrogens is 4. The highest BCUT2D eigenvalue weighted by atomic mass is 16.5. The Morgan fingerprint density at radius 2 is 1.81 bits per heavy atom. The van der Waals surface area contributed by atoms with Crippen molar-refractivity contribution >= 4 is 11.8 Å². The van der Waals surface area contributed by atoms with Crippen LogP contribution < -0.4 is 9.47 Å². The number of carbonyl (C=O) groups excluding carboxylic acids is 2. The molecule has 3 aromatic rings. The summed E-state index contributed by atoms with van der Waals surface area (Å²) in [6.07, 6.45) is 1.36. The van der Waals surface area contributed by atoms with E-state index in [1.807, 2.05) is 0 Å². The van der Waals surface area contributed by atoms with Crippen LogP contribution in [0.5, 0.6) is 11.5 Å². The maximum Gasteiger partial charge on any atom is 0.340 e. The van der Waals surface area contributed by atoms with Crippen molar-refractivity contribution in [1.29, 1.82) is 0 Å². The fourth-order valence-electron chi connectivity index (χ4n) is 2.42. The van der Waals surface area contributed by atoms with Gasteiger partial charge in [0, 0.05) is 5.56 Å². The van der Waals surface area contributed by atoms with Crippen LogP contribution in [0, 0.1) is 0 Å². The number of para-hydroxylation sites is 1. The van der Waals surface area contributed by atoms with E-state index >= 15 is 0 Å². The Bertz CT molecular complexity index is 956. The minimum Gasteiger partial charge on any atom is -0.493 e. The Hall–Kier alpha value is -3.75. The number of tetrazole rings is 1. The van der Waals surface area contributed by atoms with E-state index in [4.69, 9.17) is 14.2 Å². The standard InChI is InChI=1S/C18H16N4O5/c1-25-16-8-7-12(9-17(16)26-2)15(23)10-27-18(24)13-5-3-4-6-14(13)22-11-19-20-21-22/h3-9,11H,10H2,1-2H3. The van der Waals surface area contributed by atoms with Gasteiger partial charge in [0.25, 0.3) is 0 Å². The number of esters is 1. The Morgan fingerprint density at radius 3 is 2.52 bits per heavy atom. The van der Waals surface area contributed by atoms with Gasteiger partial charge in [-0.2, -0.15) is 4.68 Å². The predicted octanol–water partition coefficient (Wildman–Crippen LogP) is 1.72. The second-order valence-electron chi connectivity index (χ2n) is 5.34. The van der Waals surface area contributed by atoms with Gasteiger partial charge in [-0.05, 0) is 40.8 Å². The second kappa shape index (κ2) is 8.09. The summed E-state index contributed by atoms with van der Waals surface area (Å²) < 4.78 is 16.8. The van der Waals surface area contributed by atoms with Gasteiger partial charge in [0.15, 0.2) is 23.9 Å². The molecule has 0 fully saturated rings. The van der Waals surface area contributed by atoms with Crippen LogP contribution in [0.3, 0.4) is 0 Å². The van der Waals surface area contributed by atoms with Crippen LogP contribution in [-0.4, -0.2) is 52.8 Å². The first-order chi connectivity index (χ1) is 13.1. The number of hydrogen-bond donors (Lipinski definition) is 0. The summed E-state index contributed by atoms with van der Waals surface area (Å²) in [5.74, 6) is -0.112. The molecule has 1 heterocycles. The topological polar surface area (TPSA) is 105 Å². The molecule has 0 bridgehead atoms. The van der Waals surface area contributed by atoms with Crippen LogP contribution in [0.2, 0.25) is 0 Å². The Balaban J connectivity index is 1.72. The Morgan fingerprint density at radius 1 is 1.04 bits per heavy atom. The van der Waals surface area contributed by atoms with Gasteiger partial charge < -0.3 is 14.2 Å². The van der Waals surface area contributed by atoms with E-state index in [9.17, 15) is 9.59 Å². The molecule has 3 rings (SSSR count). The van der Waals surface area contributed by atoms with Crippen LogP contribution in [0.25, 0.3) is 5.69 Å². The van der Waals surface area contributed by atoms with E-state index in [2.05, 4.69) is 15.5 Å². The van der Waals surface area contributed by atoms with Crippen LogP contribution >= 0.6 is 0 Å². The Kier molecular flexibility index (Phi) is 5.41. The fraction of sp³-hybridized carbons (Fsp3) is 0.167. The number of nitrogens with zero attached hydrogens (tertiary/aromatic N) is 4. The average Bonchev–Trinajstić information content (AvgIpc) is 3.25. The highest BCUT2D eigenvalue weighted by molar-refractivity contribution is 6.00. The molecular formula is C18H16N4O5. The number of ether oxygens (including phenoxy) is 3. The summed E-state index contributed by atoms with van der Waals surface area (Å²) >= 11 is 0. The van der Waals surface area contributed by atoms with E-state index in [-0.39, 0.29) is 11.3 Å². The van der Waals surface area contributed by atoms with E-state index in [0.29, 0.717) is 22.7 Å². The molecule has 9 heteroatoms. The van der Waals surface area contributed by atoms with Gasteiger partial charge in [-0.25, -0.2) is 4.79 Å². The minimum atomic E-state index is -0.657. The van der Waals surface area contributed by atoms with Crippen molar-refractivity contribution in [3.8, 4) is 17.2 Å². The zero-order chi connectivity index (χ0) is 19.2. The van der Waals surface area contributed by atoms with Gasteiger partial charge in [-0.3, -0.25) is 4.79 Å². The fourth-order valence-corrected chi connectivity index (χ4v) is 2.42. The molecule has 0 atom stereocenters. The smallest absolute Gasteiger partial charge is 0.340 e. The monoisotopic (exact) mass is 368 g/mol. The van der Waals surface area contributed by atoms with Crippen LogP contribution in [0.15, 0.2) is 48.8 Å². The molecule has 9 nitrogen and oxygen atoms in total. The molecule has 0 saturated carbocycles. The number of hydrogen-bond acceptors (Lipinski definition) is 8. The van der Waals surface area contributed by atoms with E-state index in [1.54, 1.807) is 36.4 Å². The molecular weight excluding hydrogens is 352 g/mol. The predicted molar refractivity (Wildman–Crippen MR) is 93.3 cm³/mol. The van der Waals surface area contributed by atoms with Gasteiger partial charge in [0.2, 0.25) is 0 Å². The summed E-state index contributed by atoms with van der Waals surface area (Å²) in [4.78, 5) is 24.8. The largest absolute Gasteiger partial charge is 0.493 e. The van der Waals surface area contributed by atoms with E-state index in [0.717, 1.165) is 0 Å². The van der Waals surface area contributed by atoms with E-state index < -0.39 is 12.6 Å². The van der Waals surface area contributed by atoms with Crippen molar-refractivity contribution in [2.45, 2.75) is 0 Å². The molecule has 0 amide bonds. The van der Waals surface area contributed by atoms with E-state index in [1.165, 1.54) is 31.3 Å². The number of ketones is 1. The van der Waals surface area contributed by atoms with Crippen molar-refractivity contribution in [2.75, 3.05) is 20.8 Å². The molecule has 0 aliphatic heterocycles. The van der Waals surface area contributed by atoms with Crippen molar-refractivity contribution in [1.82, 2.24) is 20.2 Å². The zero-order valence-electron chi connectivity index (χ0n) is 14.7. The molecule has 1 aromatic heterocycles. The summed E-state index contributed by atoms with van der Waals surface area (Å²) in [6, 6.07) is 11.4. The molecule has 27 heavy (non-hydrogen) atoms. The van der Waals surface area contributed by atoms with Gasteiger partial charge >= 0.3 is 5.97 Å². The summed E-state index contributed by atoms with van der Waals surface area (Å²) in [5.41, 5.74) is 1.03. The van der Waals surface area contributed by atoms with Gasteiger partial charge in [0.05, 0.1) is 25.5 Å². The summed E-state index contributed by atoms with van der Waals surface area (Å²) in [7, 11) is 2.98. The first kappa shape index (κ1) is 18.1. The SMILES string of the molecule is COc1ccc(C(=O)COC(=O)c2ccccc2-n2cnnn2)cc1OC. The highest BCUT2D eigenvalue weighted by Crippen LogP contribution is 2.27. The third kappa shape index (κ3) is 3.92. The third-order valence-electron chi connectivity index (χ3n) is 3.76. The number of carbonyl (C=O) groups is 2. The first-order valence-electron chi connectivity index (χ1n) is 7.88. The maximum absolute atomic E-state index is 12.4. The molecule has 0 aliphatic carbocycles. The zero-order valence-corrected chi connectivity index (χ0v) is 14.7. The number of rotatable bonds is 7. The molecule has 2 aromatic carbocycles. The highest BCUT2D eigenvalue weighted by Gasteiger charge is 2.17. The molecule has 0 unspecified atom stereocenters. The Labute approximate surface area is 154 Å². The average molecular weight is 368 g/mol. The van der Waals surface area contributed by atoms with Crippen molar-refractivity contribution in [2.24, 2.45) is 0 Å². The molecule has 0 N–H and O–H groups in total. The second-order valence-corrected chi connectivity index (χ2v) is 5.34. The van der Waals surface area contributed by atoms with Crippen molar-refractivity contribution < 1.29 is 23.8 Å². The molecule has 0 spiro atoms. The summed E-state index contributed by atoms with van der Waals surface area (Å²) in [5, 5.41) is 10.9. The van der Waals surface area contributed by atoms with Crippen LogP contribution in [-0.2, 0) is 4.74 Å². The lowest BCUT2D eigenvalue weighted by atomic mass is 10.1. The quantitative estimate of drug-likeness (QED) is 0.458.